The molecule has 0 aromatic heterocycles. The monoisotopic (exact) mass is 411 g/mol. The summed E-state index contributed by atoms with van der Waals surface area (Å²) in [6, 6.07) is 4.04. The van der Waals surface area contributed by atoms with E-state index in [4.69, 9.17) is 0 Å². The molecule has 1 aromatic rings. The summed E-state index contributed by atoms with van der Waals surface area (Å²) in [6.07, 6.45) is 1.91. The summed E-state index contributed by atoms with van der Waals surface area (Å²) in [5, 5.41) is 14.4. The second kappa shape index (κ2) is 8.02. The number of likely N-dealkylation sites (N-methyl/N-ethyl adjacent to an activating group) is 2. The zero-order valence-electron chi connectivity index (χ0n) is 16.0. The largest absolute Gasteiger partial charge is 0.360 e. The lowest BCUT2D eigenvalue weighted by atomic mass is 10.2. The first-order valence-electron chi connectivity index (χ1n) is 9.16. The Kier molecular flexibility index (Phi) is 5.87. The van der Waals surface area contributed by atoms with E-state index in [9.17, 15) is 23.3 Å². The number of hydrogen-bond donors (Lipinski definition) is 1. The Morgan fingerprint density at radius 1 is 1.29 bits per heavy atom. The number of rotatable bonds is 7. The quantitative estimate of drug-likeness (QED) is 0.505. The van der Waals surface area contributed by atoms with E-state index in [-0.39, 0.29) is 34.8 Å². The summed E-state index contributed by atoms with van der Waals surface area (Å²) in [5.41, 5.74) is -0.134. The van der Waals surface area contributed by atoms with Crippen LogP contribution in [0.1, 0.15) is 12.8 Å². The van der Waals surface area contributed by atoms with Crippen LogP contribution in [0.4, 0.5) is 11.4 Å². The Balaban J connectivity index is 1.82. The molecule has 1 saturated carbocycles. The van der Waals surface area contributed by atoms with Gasteiger partial charge in [0.05, 0.1) is 16.4 Å². The SMILES string of the molecule is CN1CCN(S(=O)(=O)c2ccc(N(C)CC(=O)NC3CC3)c([N+](=O)[O-])c2)CC1. The second-order valence-electron chi connectivity index (χ2n) is 7.31. The van der Waals surface area contributed by atoms with Crippen LogP contribution in [0.3, 0.4) is 0 Å². The molecule has 28 heavy (non-hydrogen) atoms. The number of nitrogens with one attached hydrogen (secondary N) is 1. The Labute approximate surface area is 164 Å². The Hall–Kier alpha value is -2.24. The van der Waals surface area contributed by atoms with E-state index >= 15 is 0 Å². The normalized spacial score (nSPS) is 18.6. The van der Waals surface area contributed by atoms with Gasteiger partial charge in [-0.1, -0.05) is 0 Å². The van der Waals surface area contributed by atoms with Gasteiger partial charge in [-0.3, -0.25) is 14.9 Å². The summed E-state index contributed by atoms with van der Waals surface area (Å²) in [5.74, 6) is -0.214. The zero-order valence-corrected chi connectivity index (χ0v) is 16.8. The number of nitrogens with zero attached hydrogens (tertiary/aromatic N) is 4. The van der Waals surface area contributed by atoms with Crippen molar-refractivity contribution in [1.82, 2.24) is 14.5 Å². The van der Waals surface area contributed by atoms with Crippen LogP contribution in [-0.4, -0.2) is 81.3 Å². The van der Waals surface area contributed by atoms with Gasteiger partial charge in [0.2, 0.25) is 15.9 Å². The molecule has 1 saturated heterocycles. The van der Waals surface area contributed by atoms with E-state index in [0.29, 0.717) is 26.2 Å². The maximum atomic E-state index is 12.9. The average molecular weight is 411 g/mol. The van der Waals surface area contributed by atoms with E-state index in [1.54, 1.807) is 7.05 Å². The number of carbonyl (C=O) groups excluding carboxylic acids is 1. The minimum absolute atomic E-state index is 0.0398. The molecule has 1 amide bonds. The molecule has 1 aliphatic carbocycles. The summed E-state index contributed by atoms with van der Waals surface area (Å²) >= 11 is 0. The first kappa shape index (κ1) is 20.5. The van der Waals surface area contributed by atoms with Crippen LogP contribution >= 0.6 is 0 Å². The standard InChI is InChI=1S/C17H25N5O5S/c1-19-7-9-21(10-8-19)28(26,27)14-5-6-15(16(11-14)22(24)25)20(2)12-17(23)18-13-3-4-13/h5-6,11,13H,3-4,7-10,12H2,1-2H3,(H,18,23). The van der Waals surface area contributed by atoms with Crippen molar-refractivity contribution in [2.24, 2.45) is 0 Å². The number of benzene rings is 1. The van der Waals surface area contributed by atoms with E-state index < -0.39 is 14.9 Å². The molecular formula is C17H25N5O5S. The van der Waals surface area contributed by atoms with Crippen molar-refractivity contribution in [3.05, 3.63) is 28.3 Å². The molecule has 0 radical (unpaired) electrons. The molecule has 0 atom stereocenters. The highest BCUT2D eigenvalue weighted by Gasteiger charge is 2.31. The van der Waals surface area contributed by atoms with Crippen LogP contribution in [-0.2, 0) is 14.8 Å². The van der Waals surface area contributed by atoms with Gasteiger partial charge in [-0.25, -0.2) is 8.42 Å². The van der Waals surface area contributed by atoms with Gasteiger partial charge in [-0.15, -0.1) is 0 Å². The number of carbonyl (C=O) groups is 1. The van der Waals surface area contributed by atoms with Gasteiger partial charge in [-0.05, 0) is 32.0 Å². The molecule has 11 heteroatoms. The first-order valence-corrected chi connectivity index (χ1v) is 10.6. The molecule has 0 unspecified atom stereocenters. The van der Waals surface area contributed by atoms with Crippen LogP contribution in [0, 0.1) is 10.1 Å². The number of sulfonamides is 1. The highest BCUT2D eigenvalue weighted by molar-refractivity contribution is 7.89. The van der Waals surface area contributed by atoms with Crippen molar-refractivity contribution in [3.63, 3.8) is 0 Å². The lowest BCUT2D eigenvalue weighted by Crippen LogP contribution is -2.47. The third-order valence-electron chi connectivity index (χ3n) is 4.98. The van der Waals surface area contributed by atoms with Crippen LogP contribution in [0.5, 0.6) is 0 Å². The summed E-state index contributed by atoms with van der Waals surface area (Å²) in [4.78, 5) is 26.3. The van der Waals surface area contributed by atoms with Gasteiger partial charge in [0.25, 0.3) is 5.69 Å². The third kappa shape index (κ3) is 4.59. The second-order valence-corrected chi connectivity index (χ2v) is 9.25. The lowest BCUT2D eigenvalue weighted by molar-refractivity contribution is -0.384. The van der Waals surface area contributed by atoms with Gasteiger partial charge in [0.1, 0.15) is 5.69 Å². The number of amides is 1. The van der Waals surface area contributed by atoms with Crippen molar-refractivity contribution >= 4 is 27.3 Å². The fourth-order valence-corrected chi connectivity index (χ4v) is 4.55. The molecule has 1 aromatic carbocycles. The number of nitro benzene ring substituents is 1. The van der Waals surface area contributed by atoms with Crippen LogP contribution < -0.4 is 10.2 Å². The van der Waals surface area contributed by atoms with Crippen molar-refractivity contribution in [2.45, 2.75) is 23.8 Å². The predicted octanol–water partition coefficient (Wildman–Crippen LogP) is 0.246. The molecule has 154 valence electrons. The topological polar surface area (TPSA) is 116 Å². The summed E-state index contributed by atoms with van der Waals surface area (Å²) < 4.78 is 27.1. The van der Waals surface area contributed by atoms with E-state index in [0.717, 1.165) is 18.9 Å². The van der Waals surface area contributed by atoms with Crippen molar-refractivity contribution in [1.29, 1.82) is 0 Å². The first-order chi connectivity index (χ1) is 13.2. The predicted molar refractivity (Wildman–Crippen MR) is 104 cm³/mol. The van der Waals surface area contributed by atoms with Crippen molar-refractivity contribution in [2.75, 3.05) is 51.7 Å². The van der Waals surface area contributed by atoms with E-state index in [1.807, 2.05) is 11.9 Å². The minimum Gasteiger partial charge on any atom is -0.360 e. The molecule has 2 aliphatic rings. The summed E-state index contributed by atoms with van der Waals surface area (Å²) in [7, 11) is -0.322. The Bertz CT molecular complexity index is 863. The average Bonchev–Trinajstić information content (AvgIpc) is 3.45. The smallest absolute Gasteiger partial charge is 0.293 e. The molecule has 1 N–H and O–H groups in total. The van der Waals surface area contributed by atoms with Crippen molar-refractivity contribution in [3.8, 4) is 0 Å². The van der Waals surface area contributed by atoms with Gasteiger partial charge < -0.3 is 15.1 Å². The molecule has 0 spiro atoms. The van der Waals surface area contributed by atoms with Gasteiger partial charge in [0.15, 0.2) is 0 Å². The van der Waals surface area contributed by atoms with Crippen LogP contribution in [0.2, 0.25) is 0 Å². The fraction of sp³-hybridized carbons (Fsp3) is 0.588. The number of piperazine rings is 1. The molecule has 10 nitrogen and oxygen atoms in total. The lowest BCUT2D eigenvalue weighted by Gasteiger charge is -2.31. The van der Waals surface area contributed by atoms with E-state index in [2.05, 4.69) is 5.32 Å². The minimum atomic E-state index is -3.81. The Morgan fingerprint density at radius 2 is 1.93 bits per heavy atom. The maximum Gasteiger partial charge on any atom is 0.293 e. The van der Waals surface area contributed by atoms with E-state index in [1.165, 1.54) is 21.3 Å². The molecule has 3 rings (SSSR count). The zero-order chi connectivity index (χ0) is 20.5. The number of nitro groups is 1. The van der Waals surface area contributed by atoms with Gasteiger partial charge in [0, 0.05) is 45.3 Å². The highest BCUT2D eigenvalue weighted by atomic mass is 32.2. The Morgan fingerprint density at radius 3 is 2.50 bits per heavy atom. The molecular weight excluding hydrogens is 386 g/mol. The van der Waals surface area contributed by atoms with Crippen molar-refractivity contribution < 1.29 is 18.1 Å². The van der Waals surface area contributed by atoms with Crippen LogP contribution in [0.25, 0.3) is 0 Å². The third-order valence-corrected chi connectivity index (χ3v) is 6.87. The maximum absolute atomic E-state index is 12.9. The van der Waals surface area contributed by atoms with Gasteiger partial charge in [-0.2, -0.15) is 4.31 Å². The molecule has 1 heterocycles. The number of hydrogen-bond acceptors (Lipinski definition) is 7. The molecule has 0 bridgehead atoms. The highest BCUT2D eigenvalue weighted by Crippen LogP contribution is 2.31. The molecule has 1 aliphatic heterocycles. The molecule has 2 fully saturated rings. The van der Waals surface area contributed by atoms with Crippen LogP contribution in [0.15, 0.2) is 23.1 Å². The summed E-state index contributed by atoms with van der Waals surface area (Å²) in [6.45, 7) is 1.86. The number of anilines is 1. The van der Waals surface area contributed by atoms with Gasteiger partial charge >= 0.3 is 0 Å². The fourth-order valence-electron chi connectivity index (χ4n) is 3.11.